The standard InChI is InChI=1S/C18H22N2O2S/c1-5-9-20(10-6-2)12-16-17(19-18(21)23-16)14-11-13(3)7-8-15(14)22-4/h5-8,11H,1-2,9-10,12H2,3-4H3,(H,19,21). The van der Waals surface area contributed by atoms with E-state index in [1.165, 1.54) is 11.3 Å². The lowest BCUT2D eigenvalue weighted by molar-refractivity contribution is 0.331. The van der Waals surface area contributed by atoms with Crippen molar-refractivity contribution in [3.63, 3.8) is 0 Å². The Kier molecular flexibility index (Phi) is 5.96. The van der Waals surface area contributed by atoms with Crippen LogP contribution in [-0.4, -0.2) is 30.1 Å². The van der Waals surface area contributed by atoms with E-state index < -0.39 is 0 Å². The number of hydrogen-bond acceptors (Lipinski definition) is 4. The molecule has 1 aromatic heterocycles. The summed E-state index contributed by atoms with van der Waals surface area (Å²) >= 11 is 1.24. The van der Waals surface area contributed by atoms with Gasteiger partial charge >= 0.3 is 4.87 Å². The highest BCUT2D eigenvalue weighted by Gasteiger charge is 2.16. The van der Waals surface area contributed by atoms with Crippen molar-refractivity contribution in [1.82, 2.24) is 9.88 Å². The zero-order valence-electron chi connectivity index (χ0n) is 13.6. The molecule has 0 bridgehead atoms. The maximum absolute atomic E-state index is 11.9. The van der Waals surface area contributed by atoms with Crippen molar-refractivity contribution in [2.75, 3.05) is 20.2 Å². The first kappa shape index (κ1) is 17.2. The van der Waals surface area contributed by atoms with E-state index in [2.05, 4.69) is 23.0 Å². The van der Waals surface area contributed by atoms with E-state index in [-0.39, 0.29) is 4.87 Å². The van der Waals surface area contributed by atoms with E-state index >= 15 is 0 Å². The summed E-state index contributed by atoms with van der Waals surface area (Å²) in [7, 11) is 1.64. The number of thiazole rings is 1. The van der Waals surface area contributed by atoms with Crippen molar-refractivity contribution in [3.05, 3.63) is 63.6 Å². The lowest BCUT2D eigenvalue weighted by atomic mass is 10.1. The monoisotopic (exact) mass is 330 g/mol. The van der Waals surface area contributed by atoms with E-state index in [1.54, 1.807) is 7.11 Å². The fraction of sp³-hybridized carbons (Fsp3) is 0.278. The van der Waals surface area contributed by atoms with Gasteiger partial charge in [-0.2, -0.15) is 0 Å². The topological polar surface area (TPSA) is 45.3 Å². The lowest BCUT2D eigenvalue weighted by Gasteiger charge is -2.18. The van der Waals surface area contributed by atoms with Crippen molar-refractivity contribution in [3.8, 4) is 17.0 Å². The maximum atomic E-state index is 11.9. The van der Waals surface area contributed by atoms with E-state index in [0.717, 1.165) is 40.5 Å². The molecule has 0 fully saturated rings. The number of H-pyrrole nitrogens is 1. The molecule has 23 heavy (non-hydrogen) atoms. The molecule has 0 atom stereocenters. The number of nitrogens with zero attached hydrogens (tertiary/aromatic N) is 1. The third-order valence-corrected chi connectivity index (χ3v) is 4.36. The van der Waals surface area contributed by atoms with Gasteiger partial charge in [-0.3, -0.25) is 9.69 Å². The van der Waals surface area contributed by atoms with Crippen LogP contribution in [0.4, 0.5) is 0 Å². The van der Waals surface area contributed by atoms with Crippen molar-refractivity contribution in [2.24, 2.45) is 0 Å². The summed E-state index contributed by atoms with van der Waals surface area (Å²) in [5.41, 5.74) is 2.87. The van der Waals surface area contributed by atoms with Gasteiger partial charge in [0.15, 0.2) is 0 Å². The van der Waals surface area contributed by atoms with Crippen LogP contribution in [0.25, 0.3) is 11.3 Å². The normalized spacial score (nSPS) is 10.7. The number of rotatable bonds is 8. The van der Waals surface area contributed by atoms with Crippen LogP contribution in [0.15, 0.2) is 48.3 Å². The molecule has 0 spiro atoms. The summed E-state index contributed by atoms with van der Waals surface area (Å²) < 4.78 is 5.46. The third kappa shape index (κ3) is 4.21. The molecule has 4 nitrogen and oxygen atoms in total. The zero-order valence-corrected chi connectivity index (χ0v) is 14.4. The Bertz CT molecular complexity index is 736. The van der Waals surface area contributed by atoms with Crippen LogP contribution in [0.5, 0.6) is 5.75 Å². The summed E-state index contributed by atoms with van der Waals surface area (Å²) in [5, 5.41) is 0. The fourth-order valence-corrected chi connectivity index (χ4v) is 3.37. The minimum Gasteiger partial charge on any atom is -0.496 e. The van der Waals surface area contributed by atoms with Crippen LogP contribution < -0.4 is 9.61 Å². The second-order valence-corrected chi connectivity index (χ2v) is 6.36. The van der Waals surface area contributed by atoms with Gasteiger partial charge in [0.1, 0.15) is 5.75 Å². The van der Waals surface area contributed by atoms with Gasteiger partial charge in [-0.05, 0) is 19.1 Å². The first-order valence-electron chi connectivity index (χ1n) is 7.40. The molecule has 5 heteroatoms. The SMILES string of the molecule is C=CCN(CC=C)Cc1sc(=O)[nH]c1-c1cc(C)ccc1OC. The summed E-state index contributed by atoms with van der Waals surface area (Å²) in [6, 6.07) is 5.95. The van der Waals surface area contributed by atoms with Crippen LogP contribution >= 0.6 is 11.3 Å². The van der Waals surface area contributed by atoms with Gasteiger partial charge in [0, 0.05) is 30.1 Å². The average Bonchev–Trinajstić information content (AvgIpc) is 2.88. The molecule has 0 radical (unpaired) electrons. The van der Waals surface area contributed by atoms with Crippen molar-refractivity contribution >= 4 is 11.3 Å². The Hall–Kier alpha value is -2.11. The van der Waals surface area contributed by atoms with Crippen molar-refractivity contribution in [1.29, 1.82) is 0 Å². The number of methoxy groups -OCH3 is 1. The third-order valence-electron chi connectivity index (χ3n) is 3.49. The Labute approximate surface area is 140 Å². The van der Waals surface area contributed by atoms with E-state index in [9.17, 15) is 4.79 Å². The predicted octanol–water partition coefficient (Wildman–Crippen LogP) is 3.59. The van der Waals surface area contributed by atoms with Crippen LogP contribution in [0.2, 0.25) is 0 Å². The molecular weight excluding hydrogens is 308 g/mol. The van der Waals surface area contributed by atoms with Gasteiger partial charge in [0.25, 0.3) is 0 Å². The predicted molar refractivity (Wildman–Crippen MR) is 97.3 cm³/mol. The lowest BCUT2D eigenvalue weighted by Crippen LogP contribution is -2.23. The second kappa shape index (κ2) is 7.94. The van der Waals surface area contributed by atoms with Gasteiger partial charge < -0.3 is 9.72 Å². The molecule has 2 aromatic rings. The van der Waals surface area contributed by atoms with Gasteiger partial charge in [-0.1, -0.05) is 35.1 Å². The number of aromatic nitrogens is 1. The molecule has 0 aliphatic heterocycles. The summed E-state index contributed by atoms with van der Waals surface area (Å²) in [6.07, 6.45) is 3.71. The highest BCUT2D eigenvalue weighted by atomic mass is 32.1. The highest BCUT2D eigenvalue weighted by molar-refractivity contribution is 7.09. The Morgan fingerprint density at radius 2 is 2.00 bits per heavy atom. The van der Waals surface area contributed by atoms with E-state index in [0.29, 0.717) is 6.54 Å². The zero-order chi connectivity index (χ0) is 16.8. The molecule has 2 rings (SSSR count). The van der Waals surface area contributed by atoms with Gasteiger partial charge in [-0.25, -0.2) is 0 Å². The van der Waals surface area contributed by atoms with Gasteiger partial charge in [0.05, 0.1) is 12.8 Å². The number of ether oxygens (including phenoxy) is 1. The molecule has 1 aromatic carbocycles. The van der Waals surface area contributed by atoms with Crippen LogP contribution in [0.1, 0.15) is 10.4 Å². The molecule has 0 saturated heterocycles. The summed E-state index contributed by atoms with van der Waals surface area (Å²) in [6.45, 7) is 11.7. The Balaban J connectivity index is 2.45. The second-order valence-electron chi connectivity index (χ2n) is 5.29. The summed E-state index contributed by atoms with van der Waals surface area (Å²) in [5.74, 6) is 0.755. The number of nitrogens with one attached hydrogen (secondary N) is 1. The number of aromatic amines is 1. The van der Waals surface area contributed by atoms with Crippen LogP contribution in [0, 0.1) is 6.92 Å². The molecular formula is C18H22N2O2S. The first-order valence-corrected chi connectivity index (χ1v) is 8.21. The van der Waals surface area contributed by atoms with E-state index in [1.807, 2.05) is 37.3 Å². The minimum absolute atomic E-state index is 0.0595. The molecule has 0 aliphatic carbocycles. The van der Waals surface area contributed by atoms with Gasteiger partial charge in [0.2, 0.25) is 0 Å². The van der Waals surface area contributed by atoms with Crippen molar-refractivity contribution in [2.45, 2.75) is 13.5 Å². The highest BCUT2D eigenvalue weighted by Crippen LogP contribution is 2.33. The number of hydrogen-bond donors (Lipinski definition) is 1. The number of aryl methyl sites for hydroxylation is 1. The molecule has 0 unspecified atom stereocenters. The van der Waals surface area contributed by atoms with E-state index in [4.69, 9.17) is 4.74 Å². The summed E-state index contributed by atoms with van der Waals surface area (Å²) in [4.78, 5) is 18.0. The van der Waals surface area contributed by atoms with Crippen LogP contribution in [0.3, 0.4) is 0 Å². The Morgan fingerprint density at radius 3 is 2.61 bits per heavy atom. The largest absolute Gasteiger partial charge is 0.496 e. The molecule has 0 saturated carbocycles. The van der Waals surface area contributed by atoms with Crippen molar-refractivity contribution < 1.29 is 4.74 Å². The molecule has 1 N–H and O–H groups in total. The molecule has 0 aliphatic rings. The average molecular weight is 330 g/mol. The molecule has 122 valence electrons. The first-order chi connectivity index (χ1) is 11.1. The van der Waals surface area contributed by atoms with Gasteiger partial charge in [-0.15, -0.1) is 13.2 Å². The Morgan fingerprint density at radius 1 is 1.30 bits per heavy atom. The number of benzene rings is 1. The fourth-order valence-electron chi connectivity index (χ4n) is 2.48. The molecule has 1 heterocycles. The smallest absolute Gasteiger partial charge is 0.305 e. The maximum Gasteiger partial charge on any atom is 0.305 e. The molecule has 0 amide bonds. The van der Waals surface area contributed by atoms with Crippen LogP contribution in [-0.2, 0) is 6.54 Å². The minimum atomic E-state index is -0.0595. The quantitative estimate of drug-likeness (QED) is 0.752.